The fourth-order valence-electron chi connectivity index (χ4n) is 4.22. The molecule has 0 bridgehead atoms. The van der Waals surface area contributed by atoms with Crippen LogP contribution in [0.4, 0.5) is 10.2 Å². The van der Waals surface area contributed by atoms with Gasteiger partial charge in [0.05, 0.1) is 31.2 Å². The molecule has 2 atom stereocenters. The molecule has 0 unspecified atom stereocenters. The summed E-state index contributed by atoms with van der Waals surface area (Å²) in [5.41, 5.74) is 8.63. The molecule has 0 aliphatic carbocycles. The Bertz CT molecular complexity index is 1210. The Morgan fingerprint density at radius 3 is 3.06 bits per heavy atom. The van der Waals surface area contributed by atoms with E-state index in [1.54, 1.807) is 6.20 Å². The molecule has 1 fully saturated rings. The molecule has 4 aromatic heterocycles. The summed E-state index contributed by atoms with van der Waals surface area (Å²) in [5.74, 6) is -0.0238. The molecule has 10 nitrogen and oxygen atoms in total. The lowest BCUT2D eigenvalue weighted by Crippen LogP contribution is -2.30. The van der Waals surface area contributed by atoms with Gasteiger partial charge in [0, 0.05) is 48.9 Å². The van der Waals surface area contributed by atoms with E-state index in [1.807, 2.05) is 28.0 Å². The van der Waals surface area contributed by atoms with Gasteiger partial charge in [-0.05, 0) is 12.5 Å². The van der Waals surface area contributed by atoms with Crippen molar-refractivity contribution >= 4 is 16.9 Å². The van der Waals surface area contributed by atoms with Crippen LogP contribution in [0.2, 0.25) is 0 Å². The number of nitrogens with one attached hydrogen (secondary N) is 1. The molecule has 4 aromatic rings. The third-order valence-electron chi connectivity index (χ3n) is 5.76. The van der Waals surface area contributed by atoms with Crippen molar-refractivity contribution in [3.05, 3.63) is 43.0 Å². The van der Waals surface area contributed by atoms with E-state index in [9.17, 15) is 4.39 Å². The summed E-state index contributed by atoms with van der Waals surface area (Å²) in [4.78, 5) is 21.7. The summed E-state index contributed by atoms with van der Waals surface area (Å²) in [6.45, 7) is 1.70. The van der Waals surface area contributed by atoms with E-state index in [1.165, 1.54) is 13.4 Å². The highest BCUT2D eigenvalue weighted by Gasteiger charge is 2.32. The molecule has 5 heterocycles. The van der Waals surface area contributed by atoms with Gasteiger partial charge in [0.1, 0.15) is 12.0 Å². The number of hydrogen-bond acceptors (Lipinski definition) is 8. The van der Waals surface area contributed by atoms with Crippen LogP contribution in [0.15, 0.2) is 37.2 Å². The predicted molar refractivity (Wildman–Crippen MR) is 112 cm³/mol. The number of fused-ring (bicyclic) bond motifs is 1. The molecule has 1 saturated heterocycles. The summed E-state index contributed by atoms with van der Waals surface area (Å²) in [7, 11) is 1.46. The minimum Gasteiger partial charge on any atom is -0.467 e. The van der Waals surface area contributed by atoms with Gasteiger partial charge >= 0.3 is 6.01 Å². The van der Waals surface area contributed by atoms with Crippen LogP contribution in [0.1, 0.15) is 12.5 Å². The van der Waals surface area contributed by atoms with Crippen molar-refractivity contribution in [1.29, 1.82) is 0 Å². The summed E-state index contributed by atoms with van der Waals surface area (Å²) >= 11 is 0. The quantitative estimate of drug-likeness (QED) is 0.481. The summed E-state index contributed by atoms with van der Waals surface area (Å²) < 4.78 is 21.2. The molecule has 1 aliphatic rings. The molecule has 0 aromatic carbocycles. The maximum absolute atomic E-state index is 14.3. The van der Waals surface area contributed by atoms with Crippen LogP contribution in [0, 0.1) is 11.7 Å². The number of hydrogen-bond donors (Lipinski definition) is 2. The number of aromatic amines is 1. The van der Waals surface area contributed by atoms with E-state index in [4.69, 9.17) is 10.5 Å². The zero-order chi connectivity index (χ0) is 21.4. The smallest absolute Gasteiger partial charge is 0.318 e. The summed E-state index contributed by atoms with van der Waals surface area (Å²) in [6.07, 6.45) is 9.11. The van der Waals surface area contributed by atoms with Crippen molar-refractivity contribution in [2.24, 2.45) is 11.7 Å². The average molecular weight is 423 g/mol. The third kappa shape index (κ3) is 3.46. The molecular formula is C20H22FN9O. The largest absolute Gasteiger partial charge is 0.467 e. The monoisotopic (exact) mass is 423 g/mol. The second-order valence-corrected chi connectivity index (χ2v) is 7.50. The molecule has 1 aliphatic heterocycles. The second kappa shape index (κ2) is 7.91. The number of aromatic nitrogens is 7. The van der Waals surface area contributed by atoms with Crippen LogP contribution in [0.25, 0.3) is 22.3 Å². The van der Waals surface area contributed by atoms with Gasteiger partial charge < -0.3 is 20.4 Å². The zero-order valence-corrected chi connectivity index (χ0v) is 16.9. The van der Waals surface area contributed by atoms with Crippen molar-refractivity contribution in [3.8, 4) is 17.3 Å². The van der Waals surface area contributed by atoms with Gasteiger partial charge in [0.2, 0.25) is 0 Å². The third-order valence-corrected chi connectivity index (χ3v) is 5.76. The van der Waals surface area contributed by atoms with Crippen LogP contribution in [-0.4, -0.2) is 61.4 Å². The molecule has 0 saturated carbocycles. The molecule has 31 heavy (non-hydrogen) atoms. The van der Waals surface area contributed by atoms with Crippen LogP contribution in [0.5, 0.6) is 6.01 Å². The van der Waals surface area contributed by atoms with E-state index in [2.05, 4.69) is 30.0 Å². The molecule has 0 spiro atoms. The first-order chi connectivity index (χ1) is 15.2. The van der Waals surface area contributed by atoms with E-state index in [0.717, 1.165) is 34.9 Å². The second-order valence-electron chi connectivity index (χ2n) is 7.50. The van der Waals surface area contributed by atoms with Gasteiger partial charge in [-0.3, -0.25) is 4.68 Å². The fraction of sp³-hybridized carbons (Fsp3) is 0.350. The maximum atomic E-state index is 14.3. The number of anilines is 1. The highest BCUT2D eigenvalue weighted by molar-refractivity contribution is 5.89. The van der Waals surface area contributed by atoms with Crippen LogP contribution < -0.4 is 15.4 Å². The lowest BCUT2D eigenvalue weighted by molar-refractivity contribution is 0.334. The van der Waals surface area contributed by atoms with Gasteiger partial charge in [-0.2, -0.15) is 10.1 Å². The Kier molecular flexibility index (Phi) is 4.94. The Balaban J connectivity index is 1.38. The average Bonchev–Trinajstić information content (AvgIpc) is 3.55. The normalized spacial score (nSPS) is 17.4. The molecule has 0 radical (unpaired) electrons. The summed E-state index contributed by atoms with van der Waals surface area (Å²) in [5, 5.41) is 5.51. The highest BCUT2D eigenvalue weighted by Crippen LogP contribution is 2.32. The standard InChI is InChI=1S/C20H22FN9O/c1-31-20-24-8-15(21)19(28-20)29-5-3-12(9-29)16(6-22)30-10-13(7-27-30)17-14-2-4-23-18(14)26-11-25-17/h2,4,7-8,10-12,16H,3,5-6,9,22H2,1H3,(H,23,25,26)/t12-,16-/m0/s1. The number of ether oxygens (including phenoxy) is 1. The van der Waals surface area contributed by atoms with E-state index in [0.29, 0.717) is 19.6 Å². The van der Waals surface area contributed by atoms with E-state index >= 15 is 0 Å². The predicted octanol–water partition coefficient (Wildman–Crippen LogP) is 1.79. The van der Waals surface area contributed by atoms with Gasteiger partial charge in [-0.1, -0.05) is 0 Å². The van der Waals surface area contributed by atoms with Gasteiger partial charge in [-0.25, -0.2) is 19.3 Å². The number of H-pyrrole nitrogens is 1. The highest BCUT2D eigenvalue weighted by atomic mass is 19.1. The Hall–Kier alpha value is -3.60. The Labute approximate surface area is 177 Å². The number of nitrogens with two attached hydrogens (primary N) is 1. The fourth-order valence-corrected chi connectivity index (χ4v) is 4.22. The lowest BCUT2D eigenvalue weighted by Gasteiger charge is -2.23. The van der Waals surface area contributed by atoms with Gasteiger partial charge in [0.15, 0.2) is 11.6 Å². The van der Waals surface area contributed by atoms with E-state index < -0.39 is 5.82 Å². The number of methoxy groups -OCH3 is 1. The first-order valence-electron chi connectivity index (χ1n) is 10.0. The molecule has 11 heteroatoms. The summed E-state index contributed by atoms with van der Waals surface area (Å²) in [6, 6.07) is 2.06. The molecular weight excluding hydrogens is 401 g/mol. The number of halogens is 1. The number of rotatable bonds is 6. The molecule has 3 N–H and O–H groups in total. The molecule has 0 amide bonds. The Morgan fingerprint density at radius 1 is 1.32 bits per heavy atom. The van der Waals surface area contributed by atoms with Crippen LogP contribution in [-0.2, 0) is 0 Å². The zero-order valence-electron chi connectivity index (χ0n) is 16.9. The lowest BCUT2D eigenvalue weighted by atomic mass is 9.99. The van der Waals surface area contributed by atoms with Crippen LogP contribution >= 0.6 is 0 Å². The molecule has 160 valence electrons. The minimum atomic E-state index is -0.466. The van der Waals surface area contributed by atoms with E-state index in [-0.39, 0.29) is 23.8 Å². The van der Waals surface area contributed by atoms with Gasteiger partial charge in [0.25, 0.3) is 0 Å². The Morgan fingerprint density at radius 2 is 2.23 bits per heavy atom. The van der Waals surface area contributed by atoms with Crippen molar-refractivity contribution in [2.75, 3.05) is 31.6 Å². The van der Waals surface area contributed by atoms with Crippen molar-refractivity contribution < 1.29 is 9.13 Å². The van der Waals surface area contributed by atoms with Crippen molar-refractivity contribution in [1.82, 2.24) is 34.7 Å². The number of nitrogens with zero attached hydrogens (tertiary/aromatic N) is 7. The first-order valence-corrected chi connectivity index (χ1v) is 10.0. The topological polar surface area (TPSA) is 124 Å². The SMILES string of the molecule is COc1ncc(F)c(N2CC[C@H]([C@H](CN)n3cc(-c4ncnc5[nH]ccc45)cn3)C2)n1. The minimum absolute atomic E-state index is 0.0332. The first kappa shape index (κ1) is 19.4. The van der Waals surface area contributed by atoms with Crippen molar-refractivity contribution in [2.45, 2.75) is 12.5 Å². The van der Waals surface area contributed by atoms with Gasteiger partial charge in [-0.15, -0.1) is 0 Å². The van der Waals surface area contributed by atoms with Crippen molar-refractivity contribution in [3.63, 3.8) is 0 Å². The van der Waals surface area contributed by atoms with Crippen LogP contribution in [0.3, 0.4) is 0 Å². The maximum Gasteiger partial charge on any atom is 0.318 e. The molecule has 5 rings (SSSR count).